The normalized spacial score (nSPS) is 23.9. The highest BCUT2D eigenvalue weighted by atomic mass is 19.1. The van der Waals surface area contributed by atoms with Crippen LogP contribution in [0.4, 0.5) is 4.39 Å². The molecule has 2 aromatic rings. The Hall–Kier alpha value is -1.91. The van der Waals surface area contributed by atoms with Crippen molar-refractivity contribution in [3.8, 4) is 5.75 Å². The average molecular weight is 330 g/mol. The Kier molecular flexibility index (Phi) is 5.17. The van der Waals surface area contributed by atoms with Crippen LogP contribution in [0.2, 0.25) is 0 Å². The van der Waals surface area contributed by atoms with Gasteiger partial charge < -0.3 is 14.2 Å². The first kappa shape index (κ1) is 16.9. The lowest BCUT2D eigenvalue weighted by Crippen LogP contribution is -2.39. The van der Waals surface area contributed by atoms with Crippen molar-refractivity contribution in [1.29, 1.82) is 0 Å². The number of halogens is 1. The third-order valence-corrected chi connectivity index (χ3v) is 4.56. The fourth-order valence-corrected chi connectivity index (χ4v) is 3.27. The molecule has 4 heteroatoms. The first-order valence-electron chi connectivity index (χ1n) is 8.26. The molecule has 0 N–H and O–H groups in total. The molecule has 2 aromatic carbocycles. The van der Waals surface area contributed by atoms with Crippen molar-refractivity contribution in [2.75, 3.05) is 13.7 Å². The van der Waals surface area contributed by atoms with Crippen molar-refractivity contribution in [3.63, 3.8) is 0 Å². The van der Waals surface area contributed by atoms with Crippen molar-refractivity contribution in [2.45, 2.75) is 38.1 Å². The maximum Gasteiger partial charge on any atom is 0.127 e. The molecule has 24 heavy (non-hydrogen) atoms. The van der Waals surface area contributed by atoms with Gasteiger partial charge in [-0.3, -0.25) is 0 Å². The monoisotopic (exact) mass is 330 g/mol. The lowest BCUT2D eigenvalue weighted by molar-refractivity contribution is -0.122. The molecule has 1 heterocycles. The predicted molar refractivity (Wildman–Crippen MR) is 90.5 cm³/mol. The fourth-order valence-electron chi connectivity index (χ4n) is 3.27. The van der Waals surface area contributed by atoms with E-state index >= 15 is 0 Å². The molecule has 0 radical (unpaired) electrons. The molecule has 1 saturated heterocycles. The van der Waals surface area contributed by atoms with E-state index in [4.69, 9.17) is 14.2 Å². The second-order valence-corrected chi connectivity index (χ2v) is 6.28. The molecular formula is C20H23FO3. The van der Waals surface area contributed by atoms with E-state index in [1.807, 2.05) is 43.3 Å². The predicted octanol–water partition coefficient (Wildman–Crippen LogP) is 4.45. The first-order chi connectivity index (χ1) is 11.6. The third kappa shape index (κ3) is 3.77. The van der Waals surface area contributed by atoms with E-state index in [1.165, 1.54) is 12.1 Å². The van der Waals surface area contributed by atoms with Gasteiger partial charge in [-0.05, 0) is 30.2 Å². The number of hydrogen-bond donors (Lipinski definition) is 0. The van der Waals surface area contributed by atoms with E-state index in [0.717, 1.165) is 11.1 Å². The molecule has 0 bridgehead atoms. The van der Waals surface area contributed by atoms with Crippen LogP contribution in [0.5, 0.6) is 5.75 Å². The molecule has 0 saturated carbocycles. The molecule has 128 valence electrons. The highest BCUT2D eigenvalue weighted by Crippen LogP contribution is 2.39. The van der Waals surface area contributed by atoms with E-state index in [-0.39, 0.29) is 11.9 Å². The van der Waals surface area contributed by atoms with Crippen LogP contribution in [0.3, 0.4) is 0 Å². The highest BCUT2D eigenvalue weighted by molar-refractivity contribution is 5.34. The number of hydrogen-bond acceptors (Lipinski definition) is 3. The summed E-state index contributed by atoms with van der Waals surface area (Å²) in [5.41, 5.74) is 1.33. The Morgan fingerprint density at radius 2 is 2.00 bits per heavy atom. The van der Waals surface area contributed by atoms with Gasteiger partial charge in [-0.1, -0.05) is 30.3 Å². The largest absolute Gasteiger partial charge is 0.489 e. The number of methoxy groups -OCH3 is 1. The van der Waals surface area contributed by atoms with Crippen LogP contribution in [-0.4, -0.2) is 19.8 Å². The molecule has 0 spiro atoms. The smallest absolute Gasteiger partial charge is 0.127 e. The van der Waals surface area contributed by atoms with E-state index in [1.54, 1.807) is 7.11 Å². The standard InChI is InChI=1S/C20H23FO3/c1-15-13-20(22-2,8-9-23-15)17-10-18(21)12-19(11-17)24-14-16-6-4-3-5-7-16/h3-7,10-12,15H,8-9,13-14H2,1-2H3/t15-,20-/m1/s1. The molecule has 0 aliphatic carbocycles. The number of ether oxygens (including phenoxy) is 3. The number of rotatable bonds is 5. The van der Waals surface area contributed by atoms with E-state index < -0.39 is 5.60 Å². The van der Waals surface area contributed by atoms with Crippen LogP contribution in [0, 0.1) is 5.82 Å². The highest BCUT2D eigenvalue weighted by Gasteiger charge is 2.38. The molecule has 1 aliphatic heterocycles. The third-order valence-electron chi connectivity index (χ3n) is 4.56. The van der Waals surface area contributed by atoms with Crippen LogP contribution in [0.25, 0.3) is 0 Å². The summed E-state index contributed by atoms with van der Waals surface area (Å²) in [5.74, 6) is 0.204. The van der Waals surface area contributed by atoms with Gasteiger partial charge in [-0.15, -0.1) is 0 Å². The van der Waals surface area contributed by atoms with E-state index in [2.05, 4.69) is 0 Å². The molecule has 2 atom stereocenters. The Bertz CT molecular complexity index is 674. The van der Waals surface area contributed by atoms with Crippen molar-refractivity contribution in [1.82, 2.24) is 0 Å². The quantitative estimate of drug-likeness (QED) is 0.811. The van der Waals surface area contributed by atoms with Gasteiger partial charge in [0.15, 0.2) is 0 Å². The molecule has 3 nitrogen and oxygen atoms in total. The minimum Gasteiger partial charge on any atom is -0.489 e. The zero-order valence-electron chi connectivity index (χ0n) is 14.1. The second-order valence-electron chi connectivity index (χ2n) is 6.28. The summed E-state index contributed by atoms with van der Waals surface area (Å²) < 4.78 is 31.4. The molecule has 0 aromatic heterocycles. The summed E-state index contributed by atoms with van der Waals surface area (Å²) in [6.45, 7) is 3.02. The Morgan fingerprint density at radius 3 is 2.71 bits per heavy atom. The topological polar surface area (TPSA) is 27.7 Å². The Balaban J connectivity index is 1.82. The summed E-state index contributed by atoms with van der Waals surface area (Å²) in [5, 5.41) is 0. The van der Waals surface area contributed by atoms with Crippen molar-refractivity contribution in [3.05, 3.63) is 65.5 Å². The van der Waals surface area contributed by atoms with Gasteiger partial charge in [-0.2, -0.15) is 0 Å². The van der Waals surface area contributed by atoms with Gasteiger partial charge in [0.05, 0.1) is 18.3 Å². The zero-order chi connectivity index (χ0) is 17.0. The van der Waals surface area contributed by atoms with Gasteiger partial charge in [0, 0.05) is 26.0 Å². The van der Waals surface area contributed by atoms with Gasteiger partial charge in [0.1, 0.15) is 18.2 Å². The Morgan fingerprint density at radius 1 is 1.21 bits per heavy atom. The van der Waals surface area contributed by atoms with Crippen LogP contribution < -0.4 is 4.74 Å². The summed E-state index contributed by atoms with van der Waals surface area (Å²) in [7, 11) is 1.67. The van der Waals surface area contributed by atoms with E-state index in [0.29, 0.717) is 31.8 Å². The lowest BCUT2D eigenvalue weighted by atomic mass is 9.83. The summed E-state index contributed by atoms with van der Waals surface area (Å²) in [4.78, 5) is 0. The SMILES string of the molecule is CO[C@]1(c2cc(F)cc(OCc3ccccc3)c2)CCO[C@H](C)C1. The second kappa shape index (κ2) is 7.32. The fraction of sp³-hybridized carbons (Fsp3) is 0.400. The number of benzene rings is 2. The summed E-state index contributed by atoms with van der Waals surface area (Å²) >= 11 is 0. The zero-order valence-corrected chi connectivity index (χ0v) is 14.1. The van der Waals surface area contributed by atoms with E-state index in [9.17, 15) is 4.39 Å². The minimum atomic E-state index is -0.523. The molecule has 1 aliphatic rings. The van der Waals surface area contributed by atoms with Crippen LogP contribution in [0.15, 0.2) is 48.5 Å². The van der Waals surface area contributed by atoms with Crippen molar-refractivity contribution in [2.24, 2.45) is 0 Å². The maximum absolute atomic E-state index is 14.1. The molecule has 0 amide bonds. The van der Waals surface area contributed by atoms with Crippen LogP contribution in [0.1, 0.15) is 30.9 Å². The van der Waals surface area contributed by atoms with Gasteiger partial charge in [0.2, 0.25) is 0 Å². The molecule has 3 rings (SSSR count). The minimum absolute atomic E-state index is 0.0793. The lowest BCUT2D eigenvalue weighted by Gasteiger charge is -2.39. The van der Waals surface area contributed by atoms with Crippen molar-refractivity contribution >= 4 is 0 Å². The summed E-state index contributed by atoms with van der Waals surface area (Å²) in [6.07, 6.45) is 1.48. The van der Waals surface area contributed by atoms with Gasteiger partial charge in [0.25, 0.3) is 0 Å². The van der Waals surface area contributed by atoms with Crippen LogP contribution in [-0.2, 0) is 21.7 Å². The van der Waals surface area contributed by atoms with Crippen molar-refractivity contribution < 1.29 is 18.6 Å². The van der Waals surface area contributed by atoms with Crippen LogP contribution >= 0.6 is 0 Å². The molecule has 0 unspecified atom stereocenters. The van der Waals surface area contributed by atoms with Gasteiger partial charge in [-0.25, -0.2) is 4.39 Å². The maximum atomic E-state index is 14.1. The summed E-state index contributed by atoms with van der Waals surface area (Å²) in [6, 6.07) is 14.7. The molecule has 1 fully saturated rings. The molecular weight excluding hydrogens is 307 g/mol. The Labute approximate surface area is 142 Å². The average Bonchev–Trinajstić information content (AvgIpc) is 2.60. The van der Waals surface area contributed by atoms with Gasteiger partial charge >= 0.3 is 0 Å². The first-order valence-corrected chi connectivity index (χ1v) is 8.26.